The Kier molecular flexibility index (Phi) is 81.6. The fourth-order valence-electron chi connectivity index (χ4n) is 0.129. The number of carbonyl (C=O) groups is 2. The van der Waals surface area contributed by atoms with E-state index in [1.807, 2.05) is 0 Å². The van der Waals surface area contributed by atoms with Gasteiger partial charge in [-0.2, -0.15) is 6.92 Å². The van der Waals surface area contributed by atoms with E-state index in [2.05, 4.69) is 6.92 Å². The molecule has 0 amide bonds. The molecule has 0 saturated carbocycles. The van der Waals surface area contributed by atoms with E-state index in [-0.39, 0.29) is 99.3 Å². The molecule has 0 aliphatic heterocycles. The van der Waals surface area contributed by atoms with E-state index in [4.69, 9.17) is 10.2 Å². The molecule has 0 aromatic carbocycles. The maximum absolute atomic E-state index is 9.43. The van der Waals surface area contributed by atoms with Gasteiger partial charge in [0.05, 0.1) is 0 Å². The fourth-order valence-corrected chi connectivity index (χ4v) is 0.129. The predicted octanol–water partition coefficient (Wildman–Crippen LogP) is -8.98. The van der Waals surface area contributed by atoms with Crippen molar-refractivity contribution in [3.63, 3.8) is 0 Å². The van der Waals surface area contributed by atoms with E-state index in [0.717, 1.165) is 0 Å². The number of rotatable bonds is 2. The first kappa shape index (κ1) is 36.3. The Hall–Kier alpha value is 1.92. The van der Waals surface area contributed by atoms with Gasteiger partial charge in [0.1, 0.15) is 6.42 Å². The third-order valence-corrected chi connectivity index (χ3v) is 0.302. The first-order valence-electron chi connectivity index (χ1n) is 2.27. The molecule has 0 fully saturated rings. The predicted molar refractivity (Wildman–Crippen MR) is 36.7 cm³/mol. The monoisotopic (exact) mass is 266 g/mol. The second kappa shape index (κ2) is 29.2. The molecule has 13 heavy (non-hydrogen) atoms. The molecule has 0 heterocycles. The summed E-state index contributed by atoms with van der Waals surface area (Å²) in [6.45, 7) is 5.00. The quantitative estimate of drug-likeness (QED) is 0.296. The molecule has 8 heteroatoms. The molecule has 4 nitrogen and oxygen atoms in total. The number of hydrogen-bond acceptors (Lipinski definition) is 2. The molecular formula is C5H9Cl2KMgO4. The van der Waals surface area contributed by atoms with Crippen LogP contribution in [0.2, 0.25) is 0 Å². The van der Waals surface area contributed by atoms with Crippen molar-refractivity contribution in [1.29, 1.82) is 0 Å². The molecule has 0 aromatic rings. The van der Waals surface area contributed by atoms with Crippen LogP contribution < -0.4 is 76.2 Å². The van der Waals surface area contributed by atoms with Crippen LogP contribution in [0.15, 0.2) is 0 Å². The Morgan fingerprint density at radius 1 is 1.08 bits per heavy atom. The minimum absolute atomic E-state index is 0. The van der Waals surface area contributed by atoms with Crippen LogP contribution in [0.5, 0.6) is 0 Å². The van der Waals surface area contributed by atoms with E-state index in [0.29, 0.717) is 0 Å². The maximum Gasteiger partial charge on any atom is 2.00 e. The molecule has 0 bridgehead atoms. The molecule has 0 atom stereocenters. The summed E-state index contributed by atoms with van der Waals surface area (Å²) in [6, 6.07) is 0. The molecular weight excluding hydrogens is 258 g/mol. The van der Waals surface area contributed by atoms with Crippen LogP contribution in [0.1, 0.15) is 13.3 Å². The average molecular weight is 267 g/mol. The third-order valence-electron chi connectivity index (χ3n) is 0.302. The van der Waals surface area contributed by atoms with Crippen LogP contribution in [0.25, 0.3) is 0 Å². The van der Waals surface area contributed by atoms with Crippen molar-refractivity contribution in [2.75, 3.05) is 0 Å². The molecule has 0 radical (unpaired) electrons. The second-order valence-electron chi connectivity index (χ2n) is 0.964. The summed E-state index contributed by atoms with van der Waals surface area (Å²) >= 11 is 0. The molecule has 0 spiro atoms. The Morgan fingerprint density at radius 2 is 1.23 bits per heavy atom. The summed E-state index contributed by atoms with van der Waals surface area (Å²) in [5.41, 5.74) is 0. The van der Waals surface area contributed by atoms with Crippen molar-refractivity contribution >= 4 is 35.0 Å². The van der Waals surface area contributed by atoms with Crippen LogP contribution in [0.4, 0.5) is 0 Å². The second-order valence-corrected chi connectivity index (χ2v) is 0.964. The van der Waals surface area contributed by atoms with Crippen LogP contribution in [-0.4, -0.2) is 45.2 Å². The Balaban J connectivity index is -0.0000000191. The van der Waals surface area contributed by atoms with Gasteiger partial charge in [-0.15, -0.1) is 0 Å². The molecule has 0 saturated heterocycles. The first-order chi connectivity index (χ1) is 4.13. The van der Waals surface area contributed by atoms with Gasteiger partial charge in [0.2, 0.25) is 0 Å². The van der Waals surface area contributed by atoms with Crippen molar-refractivity contribution in [2.45, 2.75) is 13.3 Å². The van der Waals surface area contributed by atoms with Gasteiger partial charge in [0.15, 0.2) is 0 Å². The number of carboxylic acid groups (broad SMARTS) is 2. The van der Waals surface area contributed by atoms with E-state index < -0.39 is 18.4 Å². The van der Waals surface area contributed by atoms with Crippen molar-refractivity contribution < 1.29 is 96.0 Å². The topological polar surface area (TPSA) is 74.6 Å². The van der Waals surface area contributed by atoms with Crippen LogP contribution in [0, 0.1) is 6.92 Å². The fraction of sp³-hybridized carbons (Fsp3) is 0.400. The van der Waals surface area contributed by atoms with Crippen molar-refractivity contribution in [1.82, 2.24) is 0 Å². The van der Waals surface area contributed by atoms with Gasteiger partial charge in [-0.25, -0.2) is 0 Å². The summed E-state index contributed by atoms with van der Waals surface area (Å²) in [7, 11) is 0. The molecule has 2 N–H and O–H groups in total. The van der Waals surface area contributed by atoms with E-state index >= 15 is 0 Å². The van der Waals surface area contributed by atoms with Gasteiger partial charge in [0, 0.05) is 0 Å². The van der Waals surface area contributed by atoms with Gasteiger partial charge in [0.25, 0.3) is 0 Å². The van der Waals surface area contributed by atoms with Crippen LogP contribution in [0.3, 0.4) is 0 Å². The summed E-state index contributed by atoms with van der Waals surface area (Å²) in [5.74, 6) is -2.62. The summed E-state index contributed by atoms with van der Waals surface area (Å²) in [6.07, 6.45) is -0.806. The van der Waals surface area contributed by atoms with E-state index in [1.165, 1.54) is 0 Å². The van der Waals surface area contributed by atoms with E-state index in [9.17, 15) is 9.59 Å². The third kappa shape index (κ3) is 56.4. The normalized spacial score (nSPS) is 4.77. The number of halogens is 2. The number of aliphatic carboxylic acids is 2. The molecule has 0 rings (SSSR count). The number of carboxylic acids is 2. The van der Waals surface area contributed by atoms with Gasteiger partial charge in [-0.05, 0) is 0 Å². The molecule has 0 aromatic heterocycles. The molecule has 0 aliphatic rings. The molecule has 0 unspecified atom stereocenters. The summed E-state index contributed by atoms with van der Waals surface area (Å²) < 4.78 is 0. The Morgan fingerprint density at radius 3 is 1.23 bits per heavy atom. The van der Waals surface area contributed by atoms with Crippen LogP contribution >= 0.6 is 0 Å². The zero-order chi connectivity index (χ0) is 7.86. The first-order valence-corrected chi connectivity index (χ1v) is 2.27. The smallest absolute Gasteiger partial charge is 1.00 e. The summed E-state index contributed by atoms with van der Waals surface area (Å²) in [5, 5.41) is 15.4. The van der Waals surface area contributed by atoms with E-state index in [1.54, 1.807) is 6.92 Å². The average Bonchev–Trinajstić information content (AvgIpc) is 1.68. The Labute approximate surface area is 149 Å². The Bertz CT molecular complexity index is 103. The molecule has 70 valence electrons. The zero-order valence-corrected chi connectivity index (χ0v) is 13.6. The zero-order valence-electron chi connectivity index (χ0n) is 7.59. The van der Waals surface area contributed by atoms with Gasteiger partial charge in [-0.1, -0.05) is 0 Å². The van der Waals surface area contributed by atoms with Gasteiger partial charge < -0.3 is 42.0 Å². The summed E-state index contributed by atoms with van der Waals surface area (Å²) in [4.78, 5) is 18.9. The van der Waals surface area contributed by atoms with Crippen molar-refractivity contribution in [3.8, 4) is 0 Å². The van der Waals surface area contributed by atoms with Crippen molar-refractivity contribution in [3.05, 3.63) is 6.92 Å². The minimum Gasteiger partial charge on any atom is -1.00 e. The largest absolute Gasteiger partial charge is 2.00 e. The van der Waals surface area contributed by atoms with Gasteiger partial charge in [-0.3, -0.25) is 9.59 Å². The van der Waals surface area contributed by atoms with Gasteiger partial charge >= 0.3 is 86.4 Å². The standard InChI is InChI=1S/C3H4O4.C2H5.2ClH.K.Mg/c4-2(5)1-3(6)7;1-2;;;;/h1H2,(H,4,5)(H,6,7);1H2,2H3;2*1H;;/q;-1;;;+1;+2/p-2. The maximum atomic E-state index is 9.43. The van der Waals surface area contributed by atoms with Crippen molar-refractivity contribution in [2.24, 2.45) is 0 Å². The number of hydrogen-bond donors (Lipinski definition) is 2. The SMILES string of the molecule is O=C(O)CC(=O)O.[CH2-]C.[Cl-].[Cl-].[K+].[Mg+2]. The van der Waals surface area contributed by atoms with Crippen LogP contribution in [-0.2, 0) is 9.59 Å². The molecule has 0 aliphatic carbocycles. The minimum atomic E-state index is -1.31.